The van der Waals surface area contributed by atoms with Gasteiger partial charge in [0.05, 0.1) is 5.69 Å². The smallest absolute Gasteiger partial charge is 0.0543 e. The molecule has 1 saturated heterocycles. The van der Waals surface area contributed by atoms with Crippen LogP contribution in [0, 0.1) is 0 Å². The van der Waals surface area contributed by atoms with Gasteiger partial charge < -0.3 is 5.73 Å². The molecule has 2 N–H and O–H groups in total. The van der Waals surface area contributed by atoms with Crippen molar-refractivity contribution in [3.05, 3.63) is 30.1 Å². The second-order valence-corrected chi connectivity index (χ2v) is 3.60. The Bertz CT molecular complexity index is 260. The van der Waals surface area contributed by atoms with Crippen LogP contribution < -0.4 is 5.73 Å². The van der Waals surface area contributed by atoms with Crippen molar-refractivity contribution in [3.8, 4) is 0 Å². The number of hydrogen-bond donors (Lipinski definition) is 1. The van der Waals surface area contributed by atoms with Crippen molar-refractivity contribution < 1.29 is 0 Å². The quantitative estimate of drug-likeness (QED) is 0.720. The predicted octanol–water partition coefficient (Wildman–Crippen LogP) is 0.615. The summed E-state index contributed by atoms with van der Waals surface area (Å²) in [5.41, 5.74) is 6.95. The summed E-state index contributed by atoms with van der Waals surface area (Å²) in [5, 5.41) is 0. The fourth-order valence-electron chi connectivity index (χ4n) is 1.73. The van der Waals surface area contributed by atoms with Gasteiger partial charge in [-0.1, -0.05) is 6.07 Å². The van der Waals surface area contributed by atoms with Crippen LogP contribution >= 0.6 is 0 Å². The Labute approximate surface area is 78.6 Å². The first-order chi connectivity index (χ1) is 6.34. The molecule has 0 amide bonds. The van der Waals surface area contributed by atoms with Gasteiger partial charge in [-0.15, -0.1) is 0 Å². The van der Waals surface area contributed by atoms with Crippen LogP contribution in [0.1, 0.15) is 12.1 Å². The van der Waals surface area contributed by atoms with Crippen molar-refractivity contribution in [1.82, 2.24) is 9.88 Å². The first-order valence-electron chi connectivity index (χ1n) is 4.72. The van der Waals surface area contributed by atoms with Crippen molar-refractivity contribution in [1.29, 1.82) is 0 Å². The van der Waals surface area contributed by atoms with Crippen LogP contribution in [-0.4, -0.2) is 29.0 Å². The molecular formula is C10H15N3. The molecule has 0 aliphatic carbocycles. The molecule has 3 nitrogen and oxygen atoms in total. The third-order valence-electron chi connectivity index (χ3n) is 2.42. The fraction of sp³-hybridized carbons (Fsp3) is 0.500. The normalized spacial score (nSPS) is 23.6. The zero-order valence-electron chi connectivity index (χ0n) is 7.69. The lowest BCUT2D eigenvalue weighted by molar-refractivity contribution is 0.323. The minimum absolute atomic E-state index is 0.365. The molecule has 13 heavy (non-hydrogen) atoms. The molecule has 1 aromatic heterocycles. The molecule has 0 bridgehead atoms. The Kier molecular flexibility index (Phi) is 2.57. The van der Waals surface area contributed by atoms with Gasteiger partial charge in [0.25, 0.3) is 0 Å². The van der Waals surface area contributed by atoms with Crippen molar-refractivity contribution >= 4 is 0 Å². The van der Waals surface area contributed by atoms with E-state index in [1.807, 2.05) is 18.3 Å². The summed E-state index contributed by atoms with van der Waals surface area (Å²) in [6, 6.07) is 6.39. The first-order valence-corrected chi connectivity index (χ1v) is 4.72. The maximum Gasteiger partial charge on any atom is 0.0543 e. The van der Waals surface area contributed by atoms with Gasteiger partial charge in [0, 0.05) is 31.9 Å². The van der Waals surface area contributed by atoms with Crippen molar-refractivity contribution in [2.45, 2.75) is 19.0 Å². The summed E-state index contributed by atoms with van der Waals surface area (Å²) >= 11 is 0. The summed E-state index contributed by atoms with van der Waals surface area (Å²) in [7, 11) is 0. The molecule has 0 radical (unpaired) electrons. The number of likely N-dealkylation sites (tertiary alicyclic amines) is 1. The number of nitrogens with zero attached hydrogens (tertiary/aromatic N) is 2. The van der Waals surface area contributed by atoms with Gasteiger partial charge in [-0.05, 0) is 18.6 Å². The SMILES string of the molecule is N[C@@H]1CCN(Cc2ccccn2)C1. The van der Waals surface area contributed by atoms with E-state index in [1.54, 1.807) is 0 Å². The van der Waals surface area contributed by atoms with Crippen molar-refractivity contribution in [2.24, 2.45) is 5.73 Å². The molecule has 1 aliphatic rings. The van der Waals surface area contributed by atoms with Gasteiger partial charge in [0.2, 0.25) is 0 Å². The molecule has 1 aliphatic heterocycles. The van der Waals surface area contributed by atoms with Gasteiger partial charge in [0.1, 0.15) is 0 Å². The lowest BCUT2D eigenvalue weighted by Gasteiger charge is -2.13. The highest BCUT2D eigenvalue weighted by molar-refractivity contribution is 5.03. The maximum atomic E-state index is 5.82. The van der Waals surface area contributed by atoms with Crippen LogP contribution in [0.25, 0.3) is 0 Å². The average Bonchev–Trinajstić information content (AvgIpc) is 2.53. The molecule has 0 spiro atoms. The third kappa shape index (κ3) is 2.26. The van der Waals surface area contributed by atoms with Crippen LogP contribution in [0.3, 0.4) is 0 Å². The first kappa shape index (κ1) is 8.66. The van der Waals surface area contributed by atoms with E-state index in [9.17, 15) is 0 Å². The highest BCUT2D eigenvalue weighted by Gasteiger charge is 2.18. The topological polar surface area (TPSA) is 42.1 Å². The van der Waals surface area contributed by atoms with Gasteiger partial charge in [0.15, 0.2) is 0 Å². The lowest BCUT2D eigenvalue weighted by Crippen LogP contribution is -2.26. The predicted molar refractivity (Wildman–Crippen MR) is 52.1 cm³/mol. The highest BCUT2D eigenvalue weighted by atomic mass is 15.2. The van der Waals surface area contributed by atoms with E-state index in [-0.39, 0.29) is 0 Å². The Morgan fingerprint density at radius 3 is 3.08 bits per heavy atom. The standard InChI is InChI=1S/C10H15N3/c11-9-4-6-13(7-9)8-10-3-1-2-5-12-10/h1-3,5,9H,4,6-8,11H2/t9-/m1/s1. The molecule has 70 valence electrons. The van der Waals surface area contributed by atoms with Crippen LogP contribution in [0.2, 0.25) is 0 Å². The number of aromatic nitrogens is 1. The van der Waals surface area contributed by atoms with Gasteiger partial charge in [-0.25, -0.2) is 0 Å². The molecule has 2 heterocycles. The minimum atomic E-state index is 0.365. The monoisotopic (exact) mass is 177 g/mol. The zero-order chi connectivity index (χ0) is 9.10. The molecule has 1 fully saturated rings. The zero-order valence-corrected chi connectivity index (χ0v) is 7.69. The molecule has 2 rings (SSSR count). The fourth-order valence-corrected chi connectivity index (χ4v) is 1.73. The maximum absolute atomic E-state index is 5.82. The largest absolute Gasteiger partial charge is 0.326 e. The lowest BCUT2D eigenvalue weighted by atomic mass is 10.3. The van der Waals surface area contributed by atoms with E-state index in [0.717, 1.165) is 31.7 Å². The second-order valence-electron chi connectivity index (χ2n) is 3.60. The van der Waals surface area contributed by atoms with E-state index < -0.39 is 0 Å². The Morgan fingerprint density at radius 2 is 2.46 bits per heavy atom. The Morgan fingerprint density at radius 1 is 1.54 bits per heavy atom. The van der Waals surface area contributed by atoms with E-state index in [1.165, 1.54) is 0 Å². The summed E-state index contributed by atoms with van der Waals surface area (Å²) in [5.74, 6) is 0. The summed E-state index contributed by atoms with van der Waals surface area (Å²) in [4.78, 5) is 6.64. The highest BCUT2D eigenvalue weighted by Crippen LogP contribution is 2.10. The molecular weight excluding hydrogens is 162 g/mol. The van der Waals surface area contributed by atoms with Crippen LogP contribution in [0.4, 0.5) is 0 Å². The summed E-state index contributed by atoms with van der Waals surface area (Å²) in [6.07, 6.45) is 2.96. The molecule has 0 saturated carbocycles. The summed E-state index contributed by atoms with van der Waals surface area (Å²) in [6.45, 7) is 3.06. The number of rotatable bonds is 2. The second kappa shape index (κ2) is 3.85. The van der Waals surface area contributed by atoms with E-state index >= 15 is 0 Å². The molecule has 0 aromatic carbocycles. The van der Waals surface area contributed by atoms with Gasteiger partial charge in [-0.2, -0.15) is 0 Å². The Hall–Kier alpha value is -0.930. The third-order valence-corrected chi connectivity index (χ3v) is 2.42. The number of nitrogens with two attached hydrogens (primary N) is 1. The average molecular weight is 177 g/mol. The number of pyridine rings is 1. The van der Waals surface area contributed by atoms with Crippen LogP contribution in [0.5, 0.6) is 0 Å². The van der Waals surface area contributed by atoms with E-state index in [4.69, 9.17) is 5.73 Å². The molecule has 0 unspecified atom stereocenters. The minimum Gasteiger partial charge on any atom is -0.326 e. The number of hydrogen-bond acceptors (Lipinski definition) is 3. The molecule has 3 heteroatoms. The van der Waals surface area contributed by atoms with Crippen LogP contribution in [0.15, 0.2) is 24.4 Å². The summed E-state index contributed by atoms with van der Waals surface area (Å²) < 4.78 is 0. The van der Waals surface area contributed by atoms with E-state index in [0.29, 0.717) is 6.04 Å². The molecule has 1 atom stereocenters. The van der Waals surface area contributed by atoms with Crippen molar-refractivity contribution in [3.63, 3.8) is 0 Å². The van der Waals surface area contributed by atoms with Gasteiger partial charge in [-0.3, -0.25) is 9.88 Å². The molecule has 1 aromatic rings. The van der Waals surface area contributed by atoms with Crippen LogP contribution in [-0.2, 0) is 6.54 Å². The van der Waals surface area contributed by atoms with Gasteiger partial charge >= 0.3 is 0 Å². The Balaban J connectivity index is 1.92. The van der Waals surface area contributed by atoms with E-state index in [2.05, 4.69) is 16.0 Å². The van der Waals surface area contributed by atoms with Crippen molar-refractivity contribution in [2.75, 3.05) is 13.1 Å².